The molecule has 0 aliphatic carbocycles. The molecule has 0 aliphatic rings. The molecule has 2 aromatic carbocycles. The summed E-state index contributed by atoms with van der Waals surface area (Å²) in [5.74, 6) is 0. The minimum absolute atomic E-state index is 1.01. The van der Waals surface area contributed by atoms with E-state index in [1.54, 1.807) is 0 Å². The first-order chi connectivity index (χ1) is 16.0. The van der Waals surface area contributed by atoms with Crippen LogP contribution in [-0.4, -0.2) is 26.2 Å². The van der Waals surface area contributed by atoms with Crippen molar-refractivity contribution >= 4 is 11.4 Å². The van der Waals surface area contributed by atoms with Gasteiger partial charge in [0.15, 0.2) is 0 Å². The van der Waals surface area contributed by atoms with Crippen molar-refractivity contribution in [3.63, 3.8) is 0 Å². The summed E-state index contributed by atoms with van der Waals surface area (Å²) in [5.41, 5.74) is 8.52. The molecule has 2 aromatic rings. The van der Waals surface area contributed by atoms with E-state index in [9.17, 15) is 0 Å². The van der Waals surface area contributed by atoms with Gasteiger partial charge in [-0.1, -0.05) is 77.6 Å². The number of nitrogens with zero attached hydrogens (tertiary/aromatic N) is 2. The minimum atomic E-state index is 1.01. The van der Waals surface area contributed by atoms with Crippen LogP contribution in [0.4, 0.5) is 11.4 Å². The quantitative estimate of drug-likeness (QED) is 0.252. The monoisotopic (exact) mass is 450 g/mol. The molecule has 0 unspecified atom stereocenters. The lowest BCUT2D eigenvalue weighted by Crippen LogP contribution is -2.26. The Balaban J connectivity index is 2.14. The van der Waals surface area contributed by atoms with Crippen LogP contribution in [0.3, 0.4) is 0 Å². The van der Waals surface area contributed by atoms with Crippen LogP contribution in [0.2, 0.25) is 0 Å². The van der Waals surface area contributed by atoms with Gasteiger partial charge in [-0.25, -0.2) is 0 Å². The van der Waals surface area contributed by atoms with Gasteiger partial charge in [-0.15, -0.1) is 0 Å². The van der Waals surface area contributed by atoms with E-state index in [0.717, 1.165) is 6.42 Å². The van der Waals surface area contributed by atoms with Crippen molar-refractivity contribution < 1.29 is 0 Å². The lowest BCUT2D eigenvalue weighted by atomic mass is 9.99. The van der Waals surface area contributed by atoms with Crippen LogP contribution in [-0.2, 0) is 6.42 Å². The summed E-state index contributed by atoms with van der Waals surface area (Å²) in [6, 6.07) is 14.3. The summed E-state index contributed by atoms with van der Waals surface area (Å²) < 4.78 is 0. The van der Waals surface area contributed by atoms with Gasteiger partial charge in [0.05, 0.1) is 0 Å². The molecule has 0 spiro atoms. The van der Waals surface area contributed by atoms with Gasteiger partial charge in [-0.05, 0) is 80.3 Å². The smallest absolute Gasteiger partial charge is 0.0396 e. The molecule has 0 heterocycles. The van der Waals surface area contributed by atoms with E-state index < -0.39 is 0 Å². The van der Waals surface area contributed by atoms with Crippen molar-refractivity contribution in [3.8, 4) is 0 Å². The second-order valence-corrected chi connectivity index (χ2v) is 9.81. The molecule has 0 amide bonds. The van der Waals surface area contributed by atoms with E-state index in [4.69, 9.17) is 0 Å². The molecular formula is C31H50N2. The normalized spacial score (nSPS) is 11.1. The number of unbranched alkanes of at least 4 members (excludes halogenated alkanes) is 4. The Labute approximate surface area is 205 Å². The van der Waals surface area contributed by atoms with Crippen molar-refractivity contribution in [2.75, 3.05) is 36.0 Å². The molecule has 0 radical (unpaired) electrons. The number of hydrogen-bond donors (Lipinski definition) is 0. The molecule has 2 rings (SSSR count). The summed E-state index contributed by atoms with van der Waals surface area (Å²) in [5, 5.41) is 0. The SMILES string of the molecule is CCCCN(CCCC)c1ccc(Cc2ccc(N(CCCC)CCCC)c(C)c2)cc1C. The molecule has 2 nitrogen and oxygen atoms in total. The fourth-order valence-electron chi connectivity index (χ4n) is 4.70. The van der Waals surface area contributed by atoms with Crippen molar-refractivity contribution in [2.45, 2.75) is 99.3 Å². The van der Waals surface area contributed by atoms with Crippen LogP contribution in [0.25, 0.3) is 0 Å². The zero-order valence-electron chi connectivity index (χ0n) is 22.6. The Morgan fingerprint density at radius 3 is 1.12 bits per heavy atom. The fraction of sp³-hybridized carbons (Fsp3) is 0.613. The van der Waals surface area contributed by atoms with E-state index in [1.165, 1.54) is 111 Å². The maximum Gasteiger partial charge on any atom is 0.0396 e. The molecule has 0 saturated heterocycles. The number of benzene rings is 2. The zero-order chi connectivity index (χ0) is 24.1. The van der Waals surface area contributed by atoms with Crippen LogP contribution in [0.5, 0.6) is 0 Å². The first-order valence-electron chi connectivity index (χ1n) is 13.7. The van der Waals surface area contributed by atoms with Gasteiger partial charge in [0.2, 0.25) is 0 Å². The van der Waals surface area contributed by atoms with Crippen LogP contribution in [0, 0.1) is 13.8 Å². The largest absolute Gasteiger partial charge is 0.371 e. The molecule has 2 heteroatoms. The molecule has 33 heavy (non-hydrogen) atoms. The average Bonchev–Trinajstić information content (AvgIpc) is 2.80. The van der Waals surface area contributed by atoms with Crippen molar-refractivity contribution in [2.24, 2.45) is 0 Å². The van der Waals surface area contributed by atoms with E-state index in [0.29, 0.717) is 0 Å². The molecule has 0 aromatic heterocycles. The third-order valence-electron chi connectivity index (χ3n) is 6.74. The van der Waals surface area contributed by atoms with Gasteiger partial charge in [0.1, 0.15) is 0 Å². The Kier molecular flexibility index (Phi) is 12.4. The van der Waals surface area contributed by atoms with Gasteiger partial charge in [-0.3, -0.25) is 0 Å². The second-order valence-electron chi connectivity index (χ2n) is 9.81. The predicted octanol–water partition coefficient (Wildman–Crippen LogP) is 8.71. The van der Waals surface area contributed by atoms with Crippen molar-refractivity contribution in [1.29, 1.82) is 0 Å². The third kappa shape index (κ3) is 8.72. The first-order valence-corrected chi connectivity index (χ1v) is 13.7. The van der Waals surface area contributed by atoms with E-state index in [1.807, 2.05) is 0 Å². The second kappa shape index (κ2) is 15.0. The molecule has 0 aliphatic heterocycles. The Morgan fingerprint density at radius 1 is 0.515 bits per heavy atom. The van der Waals surface area contributed by atoms with Crippen LogP contribution in [0.15, 0.2) is 36.4 Å². The van der Waals surface area contributed by atoms with Crippen LogP contribution < -0.4 is 9.80 Å². The van der Waals surface area contributed by atoms with Gasteiger partial charge in [0, 0.05) is 37.6 Å². The lowest BCUT2D eigenvalue weighted by Gasteiger charge is -2.27. The number of hydrogen-bond acceptors (Lipinski definition) is 2. The highest BCUT2D eigenvalue weighted by Crippen LogP contribution is 2.26. The number of anilines is 2. The van der Waals surface area contributed by atoms with Crippen LogP contribution in [0.1, 0.15) is 101 Å². The summed E-state index contributed by atoms with van der Waals surface area (Å²) in [7, 11) is 0. The van der Waals surface area contributed by atoms with Gasteiger partial charge in [0.25, 0.3) is 0 Å². The van der Waals surface area contributed by atoms with Gasteiger partial charge < -0.3 is 9.80 Å². The molecule has 184 valence electrons. The van der Waals surface area contributed by atoms with Crippen LogP contribution >= 0.6 is 0 Å². The maximum atomic E-state index is 2.60. The van der Waals surface area contributed by atoms with Gasteiger partial charge >= 0.3 is 0 Å². The first kappa shape index (κ1) is 27.3. The average molecular weight is 451 g/mol. The topological polar surface area (TPSA) is 6.48 Å². The van der Waals surface area contributed by atoms with E-state index in [-0.39, 0.29) is 0 Å². The predicted molar refractivity (Wildman–Crippen MR) is 149 cm³/mol. The fourth-order valence-corrected chi connectivity index (χ4v) is 4.70. The molecule has 0 N–H and O–H groups in total. The highest BCUT2D eigenvalue weighted by molar-refractivity contribution is 5.57. The highest BCUT2D eigenvalue weighted by atomic mass is 15.1. The summed E-state index contributed by atoms with van der Waals surface area (Å²) in [4.78, 5) is 5.21. The van der Waals surface area contributed by atoms with E-state index in [2.05, 4.69) is 87.7 Å². The van der Waals surface area contributed by atoms with Gasteiger partial charge in [-0.2, -0.15) is 0 Å². The van der Waals surface area contributed by atoms with E-state index >= 15 is 0 Å². The standard InChI is InChI=1S/C31H50N2/c1-7-11-19-32(20-12-8-2)30-17-15-28(23-26(30)5)25-29-16-18-31(27(6)24-29)33(21-13-9-3)22-14-10-4/h15-18,23-24H,7-14,19-22,25H2,1-6H3. The zero-order valence-corrected chi connectivity index (χ0v) is 22.6. The summed E-state index contributed by atoms with van der Waals surface area (Å²) >= 11 is 0. The number of rotatable bonds is 16. The van der Waals surface area contributed by atoms with Crippen molar-refractivity contribution in [3.05, 3.63) is 58.7 Å². The highest BCUT2D eigenvalue weighted by Gasteiger charge is 2.12. The Morgan fingerprint density at radius 2 is 0.848 bits per heavy atom. The minimum Gasteiger partial charge on any atom is -0.371 e. The number of aryl methyl sites for hydroxylation is 2. The third-order valence-corrected chi connectivity index (χ3v) is 6.74. The summed E-state index contributed by atoms with van der Waals surface area (Å²) in [6.07, 6.45) is 11.1. The molecule has 0 fully saturated rings. The molecular weight excluding hydrogens is 400 g/mol. The van der Waals surface area contributed by atoms with Crippen molar-refractivity contribution in [1.82, 2.24) is 0 Å². The summed E-state index contributed by atoms with van der Waals surface area (Å²) in [6.45, 7) is 18.4. The Hall–Kier alpha value is -1.96. The maximum absolute atomic E-state index is 2.60. The Bertz CT molecular complexity index is 727. The molecule has 0 bridgehead atoms. The molecule has 0 atom stereocenters. The lowest BCUT2D eigenvalue weighted by molar-refractivity contribution is 0.676. The molecule has 0 saturated carbocycles.